The van der Waals surface area contributed by atoms with Crippen LogP contribution in [0, 0.1) is 5.82 Å². The van der Waals surface area contributed by atoms with E-state index in [1.54, 1.807) is 16.7 Å². The molecule has 30 heavy (non-hydrogen) atoms. The number of nitrogens with two attached hydrogens (primary N) is 1. The van der Waals surface area contributed by atoms with Crippen molar-refractivity contribution in [3.63, 3.8) is 0 Å². The van der Waals surface area contributed by atoms with Crippen molar-refractivity contribution in [3.8, 4) is 5.69 Å². The van der Waals surface area contributed by atoms with Gasteiger partial charge in [-0.2, -0.15) is 0 Å². The molecule has 4 aromatic rings. The van der Waals surface area contributed by atoms with Gasteiger partial charge < -0.3 is 10.5 Å². The van der Waals surface area contributed by atoms with Crippen LogP contribution in [0.2, 0.25) is 0 Å². The fourth-order valence-corrected chi connectivity index (χ4v) is 3.48. The van der Waals surface area contributed by atoms with Crippen molar-refractivity contribution in [3.05, 3.63) is 59.9 Å². The van der Waals surface area contributed by atoms with E-state index in [1.807, 2.05) is 24.3 Å². The molecular formula is C23H23FN4O2. The van der Waals surface area contributed by atoms with E-state index in [9.17, 15) is 9.18 Å². The SMILES string of the molecule is CCCCCCOC(=O)c1c(N)n(-c2ccc(F)cc2)c2nc3ccccc3nc12. The normalized spacial score (nSPS) is 11.3. The molecule has 0 amide bonds. The van der Waals surface area contributed by atoms with E-state index >= 15 is 0 Å². The van der Waals surface area contributed by atoms with E-state index in [2.05, 4.69) is 16.9 Å². The predicted molar refractivity (Wildman–Crippen MR) is 115 cm³/mol. The van der Waals surface area contributed by atoms with Crippen LogP contribution < -0.4 is 5.73 Å². The maximum Gasteiger partial charge on any atom is 0.344 e. The lowest BCUT2D eigenvalue weighted by Gasteiger charge is -2.08. The number of fused-ring (bicyclic) bond motifs is 2. The number of rotatable bonds is 7. The Labute approximate surface area is 173 Å². The van der Waals surface area contributed by atoms with Crippen LogP contribution in [0.4, 0.5) is 10.2 Å². The molecule has 4 rings (SSSR count). The number of esters is 1. The number of nitrogen functional groups attached to an aromatic ring is 1. The van der Waals surface area contributed by atoms with Gasteiger partial charge in [0.25, 0.3) is 0 Å². The van der Waals surface area contributed by atoms with Crippen molar-refractivity contribution < 1.29 is 13.9 Å². The van der Waals surface area contributed by atoms with Gasteiger partial charge in [-0.1, -0.05) is 38.3 Å². The number of aromatic nitrogens is 3. The summed E-state index contributed by atoms with van der Waals surface area (Å²) in [6, 6.07) is 13.2. The van der Waals surface area contributed by atoms with Crippen LogP contribution in [-0.4, -0.2) is 27.1 Å². The lowest BCUT2D eigenvalue weighted by atomic mass is 10.2. The number of hydrogen-bond donors (Lipinski definition) is 1. The Bertz CT molecular complexity index is 1200. The molecule has 2 heterocycles. The molecule has 0 saturated heterocycles. The van der Waals surface area contributed by atoms with Gasteiger partial charge in [0.2, 0.25) is 0 Å². The average molecular weight is 406 g/mol. The Morgan fingerprint density at radius 1 is 1.03 bits per heavy atom. The lowest BCUT2D eigenvalue weighted by Crippen LogP contribution is -2.10. The number of halogens is 1. The highest BCUT2D eigenvalue weighted by Crippen LogP contribution is 2.31. The van der Waals surface area contributed by atoms with E-state index in [0.29, 0.717) is 34.5 Å². The largest absolute Gasteiger partial charge is 0.462 e. The second kappa shape index (κ2) is 8.49. The summed E-state index contributed by atoms with van der Waals surface area (Å²) in [5.74, 6) is -0.720. The first-order chi connectivity index (χ1) is 14.6. The van der Waals surface area contributed by atoms with Crippen molar-refractivity contribution in [1.82, 2.24) is 14.5 Å². The molecule has 154 valence electrons. The summed E-state index contributed by atoms with van der Waals surface area (Å²) in [5.41, 5.74) is 9.28. The first-order valence-electron chi connectivity index (χ1n) is 10.1. The molecule has 2 aromatic carbocycles. The smallest absolute Gasteiger partial charge is 0.344 e. The second-order valence-corrected chi connectivity index (χ2v) is 7.15. The van der Waals surface area contributed by atoms with Gasteiger partial charge in [0.1, 0.15) is 22.7 Å². The number of ether oxygens (including phenoxy) is 1. The molecule has 2 aromatic heterocycles. The van der Waals surface area contributed by atoms with E-state index in [-0.39, 0.29) is 17.2 Å². The molecule has 0 radical (unpaired) electrons. The van der Waals surface area contributed by atoms with Crippen molar-refractivity contribution in [2.45, 2.75) is 32.6 Å². The van der Waals surface area contributed by atoms with Crippen LogP contribution in [0.5, 0.6) is 0 Å². The monoisotopic (exact) mass is 406 g/mol. The zero-order valence-electron chi connectivity index (χ0n) is 16.8. The molecule has 0 bridgehead atoms. The first kappa shape index (κ1) is 19.8. The summed E-state index contributed by atoms with van der Waals surface area (Å²) in [6.45, 7) is 2.45. The molecule has 0 saturated carbocycles. The topological polar surface area (TPSA) is 83.0 Å². The number of hydrogen-bond acceptors (Lipinski definition) is 5. The predicted octanol–water partition coefficient (Wildman–Crippen LogP) is 5.03. The van der Waals surface area contributed by atoms with Crippen LogP contribution in [0.25, 0.3) is 27.9 Å². The summed E-state index contributed by atoms with van der Waals surface area (Å²) in [7, 11) is 0. The van der Waals surface area contributed by atoms with Crippen LogP contribution >= 0.6 is 0 Å². The number of benzene rings is 2. The third kappa shape index (κ3) is 3.70. The molecule has 0 unspecified atom stereocenters. The molecule has 0 aliphatic rings. The quantitative estimate of drug-likeness (QED) is 0.344. The minimum absolute atomic E-state index is 0.172. The second-order valence-electron chi connectivity index (χ2n) is 7.15. The molecule has 0 spiro atoms. The highest BCUT2D eigenvalue weighted by atomic mass is 19.1. The maximum absolute atomic E-state index is 13.4. The van der Waals surface area contributed by atoms with Crippen LogP contribution in [0.3, 0.4) is 0 Å². The van der Waals surface area contributed by atoms with Crippen molar-refractivity contribution in [2.24, 2.45) is 0 Å². The Hall–Kier alpha value is -3.48. The minimum atomic E-state index is -0.528. The molecule has 6 nitrogen and oxygen atoms in total. The number of unbranched alkanes of at least 4 members (excludes halogenated alkanes) is 3. The van der Waals surface area contributed by atoms with Gasteiger partial charge in [0.15, 0.2) is 5.65 Å². The average Bonchev–Trinajstić information content (AvgIpc) is 3.03. The van der Waals surface area contributed by atoms with Crippen molar-refractivity contribution in [2.75, 3.05) is 12.3 Å². The molecular weight excluding hydrogens is 383 g/mol. The lowest BCUT2D eigenvalue weighted by molar-refractivity contribution is 0.0501. The van der Waals surface area contributed by atoms with Crippen molar-refractivity contribution in [1.29, 1.82) is 0 Å². The highest BCUT2D eigenvalue weighted by Gasteiger charge is 2.25. The summed E-state index contributed by atoms with van der Waals surface area (Å²) >= 11 is 0. The molecule has 0 fully saturated rings. The number of anilines is 1. The summed E-state index contributed by atoms with van der Waals surface area (Å²) < 4.78 is 20.5. The van der Waals surface area contributed by atoms with E-state index in [4.69, 9.17) is 10.5 Å². The Morgan fingerprint density at radius 2 is 1.73 bits per heavy atom. The fourth-order valence-electron chi connectivity index (χ4n) is 3.48. The Morgan fingerprint density at radius 3 is 2.43 bits per heavy atom. The van der Waals surface area contributed by atoms with Gasteiger partial charge in [-0.05, 0) is 42.8 Å². The highest BCUT2D eigenvalue weighted by molar-refractivity contribution is 6.09. The minimum Gasteiger partial charge on any atom is -0.462 e. The van der Waals surface area contributed by atoms with Crippen LogP contribution in [0.1, 0.15) is 43.0 Å². The third-order valence-corrected chi connectivity index (χ3v) is 5.02. The van der Waals surface area contributed by atoms with Gasteiger partial charge in [0.05, 0.1) is 17.6 Å². The maximum atomic E-state index is 13.4. The molecule has 0 aliphatic carbocycles. The molecule has 2 N–H and O–H groups in total. The van der Waals surface area contributed by atoms with E-state index < -0.39 is 5.97 Å². The summed E-state index contributed by atoms with van der Waals surface area (Å²) in [4.78, 5) is 22.2. The van der Waals surface area contributed by atoms with Gasteiger partial charge >= 0.3 is 5.97 Å². The first-order valence-corrected chi connectivity index (χ1v) is 10.1. The number of carbonyl (C=O) groups excluding carboxylic acids is 1. The van der Waals surface area contributed by atoms with Crippen LogP contribution in [0.15, 0.2) is 48.5 Å². The Balaban J connectivity index is 1.82. The fraction of sp³-hybridized carbons (Fsp3) is 0.261. The summed E-state index contributed by atoms with van der Waals surface area (Å²) in [5, 5.41) is 0. The Kier molecular flexibility index (Phi) is 5.61. The molecule has 7 heteroatoms. The summed E-state index contributed by atoms with van der Waals surface area (Å²) in [6.07, 6.45) is 4.00. The third-order valence-electron chi connectivity index (χ3n) is 5.02. The van der Waals surface area contributed by atoms with Crippen molar-refractivity contribution >= 4 is 34.0 Å². The number of carbonyl (C=O) groups is 1. The van der Waals surface area contributed by atoms with E-state index in [1.165, 1.54) is 12.1 Å². The van der Waals surface area contributed by atoms with E-state index in [0.717, 1.165) is 25.7 Å². The number of para-hydroxylation sites is 2. The van der Waals surface area contributed by atoms with Crippen LogP contribution in [-0.2, 0) is 4.74 Å². The number of nitrogens with zero attached hydrogens (tertiary/aromatic N) is 3. The molecule has 0 atom stereocenters. The van der Waals surface area contributed by atoms with Gasteiger partial charge in [-0.15, -0.1) is 0 Å². The standard InChI is InChI=1S/C23H23FN4O2/c1-2-3-4-7-14-30-23(29)19-20-22(27-18-9-6-5-8-17(18)26-20)28(21(19)25)16-12-10-15(24)11-13-16/h5-6,8-13H,2-4,7,14,25H2,1H3. The molecule has 0 aliphatic heterocycles. The van der Waals surface area contributed by atoms with Gasteiger partial charge in [-0.25, -0.2) is 19.2 Å². The zero-order chi connectivity index (χ0) is 21.1. The van der Waals surface area contributed by atoms with Gasteiger partial charge in [-0.3, -0.25) is 4.57 Å². The zero-order valence-corrected chi connectivity index (χ0v) is 16.8. The van der Waals surface area contributed by atoms with Gasteiger partial charge in [0, 0.05) is 5.69 Å².